The zero-order valence-electron chi connectivity index (χ0n) is 13.9. The van der Waals surface area contributed by atoms with Gasteiger partial charge in [0.05, 0.1) is 11.4 Å². The van der Waals surface area contributed by atoms with Crippen molar-refractivity contribution in [3.05, 3.63) is 41.7 Å². The summed E-state index contributed by atoms with van der Waals surface area (Å²) >= 11 is 0. The minimum atomic E-state index is -0.138. The third-order valence-corrected chi connectivity index (χ3v) is 4.95. The quantitative estimate of drug-likeness (QED) is 0.896. The normalized spacial score (nSPS) is 18.2. The number of rotatable bonds is 4. The van der Waals surface area contributed by atoms with Crippen molar-refractivity contribution in [2.24, 2.45) is 0 Å². The van der Waals surface area contributed by atoms with Gasteiger partial charge in [-0.25, -0.2) is 0 Å². The third-order valence-electron chi connectivity index (χ3n) is 4.95. The van der Waals surface area contributed by atoms with E-state index in [-0.39, 0.29) is 5.91 Å². The Balaban J connectivity index is 1.51. The van der Waals surface area contributed by atoms with Crippen LogP contribution < -0.4 is 10.2 Å². The van der Waals surface area contributed by atoms with Crippen LogP contribution in [0.25, 0.3) is 0 Å². The molecule has 0 bridgehead atoms. The predicted molar refractivity (Wildman–Crippen MR) is 95.6 cm³/mol. The first kappa shape index (κ1) is 15.2. The third kappa shape index (κ3) is 3.30. The maximum absolute atomic E-state index is 12.6. The number of nitrogens with zero attached hydrogens (tertiary/aromatic N) is 2. The Morgan fingerprint density at radius 2 is 1.88 bits per heavy atom. The Bertz CT molecular complexity index is 712. The Labute approximate surface area is 142 Å². The highest BCUT2D eigenvalue weighted by Gasteiger charge is 2.26. The zero-order valence-corrected chi connectivity index (χ0v) is 13.9. The van der Waals surface area contributed by atoms with Crippen LogP contribution in [-0.2, 0) is 0 Å². The fourth-order valence-corrected chi connectivity index (χ4v) is 3.41. The average molecular weight is 324 g/mol. The molecule has 2 fully saturated rings. The summed E-state index contributed by atoms with van der Waals surface area (Å²) in [6, 6.07) is 9.97. The van der Waals surface area contributed by atoms with Crippen LogP contribution in [0, 0.1) is 0 Å². The Morgan fingerprint density at radius 1 is 1.12 bits per heavy atom. The topological polar surface area (TPSA) is 61.0 Å². The number of H-pyrrole nitrogens is 1. The molecule has 1 aliphatic carbocycles. The maximum atomic E-state index is 12.6. The monoisotopic (exact) mass is 324 g/mol. The summed E-state index contributed by atoms with van der Waals surface area (Å²) in [7, 11) is 0. The molecular weight excluding hydrogens is 300 g/mol. The molecule has 0 unspecified atom stereocenters. The zero-order chi connectivity index (χ0) is 16.4. The van der Waals surface area contributed by atoms with Crippen molar-refractivity contribution < 1.29 is 4.79 Å². The molecule has 2 aliphatic rings. The maximum Gasteiger partial charge on any atom is 0.276 e. The lowest BCUT2D eigenvalue weighted by Gasteiger charge is -2.25. The number of anilines is 2. The van der Waals surface area contributed by atoms with Crippen molar-refractivity contribution in [2.75, 3.05) is 23.3 Å². The minimum Gasteiger partial charge on any atom is -0.370 e. The lowest BCUT2D eigenvalue weighted by Crippen LogP contribution is -2.25. The van der Waals surface area contributed by atoms with Crippen molar-refractivity contribution in [3.63, 3.8) is 0 Å². The second-order valence-corrected chi connectivity index (χ2v) is 6.86. The molecule has 2 heterocycles. The molecule has 1 aliphatic heterocycles. The number of hydrogen-bond acceptors (Lipinski definition) is 3. The number of amides is 1. The SMILES string of the molecule is O=C(Nc1ccccc1N1CCCCCC1)c1cc(C2CC2)[nH]n1. The lowest BCUT2D eigenvalue weighted by molar-refractivity contribution is 0.102. The number of nitrogens with one attached hydrogen (secondary N) is 2. The van der Waals surface area contributed by atoms with Crippen LogP contribution >= 0.6 is 0 Å². The molecule has 1 aromatic heterocycles. The predicted octanol–water partition coefficient (Wildman–Crippen LogP) is 3.92. The molecule has 1 aromatic carbocycles. The second kappa shape index (κ2) is 6.67. The lowest BCUT2D eigenvalue weighted by atomic mass is 10.2. The van der Waals surface area contributed by atoms with Gasteiger partial charge in [-0.05, 0) is 43.9 Å². The van der Waals surface area contributed by atoms with E-state index in [0.717, 1.165) is 30.2 Å². The number of carbonyl (C=O) groups is 1. The highest BCUT2D eigenvalue weighted by Crippen LogP contribution is 2.39. The van der Waals surface area contributed by atoms with E-state index >= 15 is 0 Å². The van der Waals surface area contributed by atoms with E-state index in [1.165, 1.54) is 38.5 Å². The number of aromatic amines is 1. The van der Waals surface area contributed by atoms with Gasteiger partial charge < -0.3 is 10.2 Å². The van der Waals surface area contributed by atoms with Gasteiger partial charge in [0.2, 0.25) is 0 Å². The molecule has 24 heavy (non-hydrogen) atoms. The molecule has 1 saturated carbocycles. The molecule has 4 rings (SSSR count). The van der Waals surface area contributed by atoms with E-state index in [9.17, 15) is 4.79 Å². The fraction of sp³-hybridized carbons (Fsp3) is 0.474. The molecule has 0 spiro atoms. The summed E-state index contributed by atoms with van der Waals surface area (Å²) in [6.45, 7) is 2.11. The van der Waals surface area contributed by atoms with Gasteiger partial charge in [-0.1, -0.05) is 25.0 Å². The first-order valence-electron chi connectivity index (χ1n) is 9.02. The second-order valence-electron chi connectivity index (χ2n) is 6.86. The molecule has 1 saturated heterocycles. The highest BCUT2D eigenvalue weighted by molar-refractivity contribution is 6.04. The Kier molecular flexibility index (Phi) is 4.24. The number of hydrogen-bond donors (Lipinski definition) is 2. The first-order chi connectivity index (χ1) is 11.8. The van der Waals surface area contributed by atoms with Gasteiger partial charge in [-0.2, -0.15) is 5.10 Å². The van der Waals surface area contributed by atoms with Crippen molar-refractivity contribution in [3.8, 4) is 0 Å². The van der Waals surface area contributed by atoms with E-state index in [0.29, 0.717) is 11.6 Å². The summed E-state index contributed by atoms with van der Waals surface area (Å²) in [6.07, 6.45) is 7.41. The standard InChI is InChI=1S/C19H24N4O/c24-19(17-13-16(21-22-17)14-9-10-14)20-15-7-3-4-8-18(15)23-11-5-1-2-6-12-23/h3-4,7-8,13-14H,1-2,5-6,9-12H2,(H,20,24)(H,21,22). The van der Waals surface area contributed by atoms with E-state index in [2.05, 4.69) is 26.5 Å². The van der Waals surface area contributed by atoms with Gasteiger partial charge in [-0.3, -0.25) is 9.89 Å². The van der Waals surface area contributed by atoms with Crippen LogP contribution in [0.4, 0.5) is 11.4 Å². The van der Waals surface area contributed by atoms with Crippen molar-refractivity contribution >= 4 is 17.3 Å². The van der Waals surface area contributed by atoms with Gasteiger partial charge in [-0.15, -0.1) is 0 Å². The van der Waals surface area contributed by atoms with Gasteiger partial charge >= 0.3 is 0 Å². The highest BCUT2D eigenvalue weighted by atomic mass is 16.1. The summed E-state index contributed by atoms with van der Waals surface area (Å²) in [4.78, 5) is 15.0. The van der Waals surface area contributed by atoms with Crippen LogP contribution in [0.1, 0.15) is 60.6 Å². The molecule has 2 aromatic rings. The van der Waals surface area contributed by atoms with Crippen LogP contribution in [0.15, 0.2) is 30.3 Å². The first-order valence-corrected chi connectivity index (χ1v) is 9.02. The number of para-hydroxylation sites is 2. The number of benzene rings is 1. The van der Waals surface area contributed by atoms with Gasteiger partial charge in [0.15, 0.2) is 5.69 Å². The molecule has 1 amide bonds. The molecule has 2 N–H and O–H groups in total. The molecule has 5 nitrogen and oxygen atoms in total. The summed E-state index contributed by atoms with van der Waals surface area (Å²) in [5.41, 5.74) is 3.55. The van der Waals surface area contributed by atoms with Crippen molar-refractivity contribution in [1.82, 2.24) is 10.2 Å². The van der Waals surface area contributed by atoms with Gasteiger partial charge in [0.25, 0.3) is 5.91 Å². The van der Waals surface area contributed by atoms with Crippen LogP contribution in [0.5, 0.6) is 0 Å². The molecule has 126 valence electrons. The van der Waals surface area contributed by atoms with Crippen LogP contribution in [0.3, 0.4) is 0 Å². The van der Waals surface area contributed by atoms with Crippen molar-refractivity contribution in [2.45, 2.75) is 44.4 Å². The van der Waals surface area contributed by atoms with Gasteiger partial charge in [0.1, 0.15) is 0 Å². The molecular formula is C19H24N4O. The number of carbonyl (C=O) groups excluding carboxylic acids is 1. The summed E-state index contributed by atoms with van der Waals surface area (Å²) in [5.74, 6) is 0.434. The number of aromatic nitrogens is 2. The fourth-order valence-electron chi connectivity index (χ4n) is 3.41. The Hall–Kier alpha value is -2.30. The smallest absolute Gasteiger partial charge is 0.276 e. The largest absolute Gasteiger partial charge is 0.370 e. The van der Waals surface area contributed by atoms with Crippen LogP contribution in [0.2, 0.25) is 0 Å². The van der Waals surface area contributed by atoms with E-state index in [1.54, 1.807) is 0 Å². The molecule has 0 radical (unpaired) electrons. The van der Waals surface area contributed by atoms with E-state index in [4.69, 9.17) is 0 Å². The molecule has 0 atom stereocenters. The average Bonchev–Trinajstić information content (AvgIpc) is 3.39. The van der Waals surface area contributed by atoms with Crippen molar-refractivity contribution in [1.29, 1.82) is 0 Å². The summed E-state index contributed by atoms with van der Waals surface area (Å²) < 4.78 is 0. The summed E-state index contributed by atoms with van der Waals surface area (Å²) in [5, 5.41) is 10.2. The van der Waals surface area contributed by atoms with Gasteiger partial charge in [0, 0.05) is 24.7 Å². The van der Waals surface area contributed by atoms with Crippen LogP contribution in [-0.4, -0.2) is 29.2 Å². The minimum absolute atomic E-state index is 0.138. The van der Waals surface area contributed by atoms with E-state index in [1.807, 2.05) is 24.3 Å². The Morgan fingerprint density at radius 3 is 2.62 bits per heavy atom. The van der Waals surface area contributed by atoms with E-state index < -0.39 is 0 Å². The molecule has 5 heteroatoms.